The van der Waals surface area contributed by atoms with E-state index in [0.29, 0.717) is 46.6 Å². The van der Waals surface area contributed by atoms with Crippen LogP contribution >= 0.6 is 11.6 Å². The number of hydrogen-bond acceptors (Lipinski definition) is 5. The van der Waals surface area contributed by atoms with Gasteiger partial charge in [-0.2, -0.15) is 4.98 Å². The number of amides is 1. The molecule has 0 aliphatic carbocycles. The molecule has 0 saturated heterocycles. The fraction of sp³-hybridized carbons (Fsp3) is 0.211. The number of ether oxygens (including phenoxy) is 1. The Morgan fingerprint density at radius 2 is 1.92 bits per heavy atom. The van der Waals surface area contributed by atoms with Crippen LogP contribution in [-0.4, -0.2) is 41.6 Å². The molecule has 7 heteroatoms. The minimum atomic E-state index is -0.0810. The summed E-state index contributed by atoms with van der Waals surface area (Å²) in [4.78, 5) is 18.4. The average molecular weight is 372 g/mol. The molecule has 1 amide bonds. The van der Waals surface area contributed by atoms with E-state index in [9.17, 15) is 4.79 Å². The highest BCUT2D eigenvalue weighted by Gasteiger charge is 2.15. The van der Waals surface area contributed by atoms with Crippen LogP contribution in [0.4, 0.5) is 0 Å². The van der Waals surface area contributed by atoms with E-state index >= 15 is 0 Å². The summed E-state index contributed by atoms with van der Waals surface area (Å²) in [6.07, 6.45) is 0.479. The topological polar surface area (TPSA) is 68.5 Å². The van der Waals surface area contributed by atoms with Gasteiger partial charge in [-0.15, -0.1) is 0 Å². The fourth-order valence-corrected chi connectivity index (χ4v) is 2.64. The normalized spacial score (nSPS) is 10.6. The van der Waals surface area contributed by atoms with Crippen LogP contribution in [0.3, 0.4) is 0 Å². The number of aromatic nitrogens is 2. The van der Waals surface area contributed by atoms with Crippen molar-refractivity contribution in [2.45, 2.75) is 6.42 Å². The second-order valence-electron chi connectivity index (χ2n) is 5.70. The molecule has 0 bridgehead atoms. The van der Waals surface area contributed by atoms with Gasteiger partial charge in [0.05, 0.1) is 17.7 Å². The van der Waals surface area contributed by atoms with Crippen molar-refractivity contribution < 1.29 is 14.1 Å². The van der Waals surface area contributed by atoms with Crippen molar-refractivity contribution in [3.05, 3.63) is 64.9 Å². The number of hydrogen-bond donors (Lipinski definition) is 0. The molecular weight excluding hydrogens is 354 g/mol. The van der Waals surface area contributed by atoms with Crippen LogP contribution in [0.15, 0.2) is 53.1 Å². The van der Waals surface area contributed by atoms with Crippen LogP contribution in [-0.2, 0) is 6.42 Å². The minimum Gasteiger partial charge on any atom is -0.497 e. The predicted octanol–water partition coefficient (Wildman–Crippen LogP) is 3.71. The molecule has 0 N–H and O–H groups in total. The molecule has 0 fully saturated rings. The highest BCUT2D eigenvalue weighted by Crippen LogP contribution is 2.25. The van der Waals surface area contributed by atoms with Crippen LogP contribution in [0.25, 0.3) is 11.5 Å². The first kappa shape index (κ1) is 17.9. The first-order valence-corrected chi connectivity index (χ1v) is 8.43. The number of likely N-dealkylation sites (N-methyl/N-ethyl adjacent to an activating group) is 1. The number of nitrogens with zero attached hydrogens (tertiary/aromatic N) is 3. The van der Waals surface area contributed by atoms with Crippen molar-refractivity contribution in [2.24, 2.45) is 0 Å². The third-order valence-electron chi connectivity index (χ3n) is 3.93. The third-order valence-corrected chi connectivity index (χ3v) is 4.26. The first-order chi connectivity index (χ1) is 12.6. The molecule has 0 spiro atoms. The van der Waals surface area contributed by atoms with E-state index in [4.69, 9.17) is 20.9 Å². The molecule has 3 rings (SSSR count). The van der Waals surface area contributed by atoms with Crippen LogP contribution in [0.1, 0.15) is 16.2 Å². The van der Waals surface area contributed by atoms with Gasteiger partial charge in [0.2, 0.25) is 0 Å². The average Bonchev–Trinajstić information content (AvgIpc) is 3.14. The van der Waals surface area contributed by atoms with E-state index < -0.39 is 0 Å². The van der Waals surface area contributed by atoms with Crippen molar-refractivity contribution in [1.82, 2.24) is 15.0 Å². The maximum atomic E-state index is 12.4. The fourth-order valence-electron chi connectivity index (χ4n) is 2.42. The zero-order valence-corrected chi connectivity index (χ0v) is 15.2. The summed E-state index contributed by atoms with van der Waals surface area (Å²) in [5, 5.41) is 4.51. The molecule has 26 heavy (non-hydrogen) atoms. The maximum absolute atomic E-state index is 12.4. The van der Waals surface area contributed by atoms with E-state index in [-0.39, 0.29) is 5.91 Å². The Morgan fingerprint density at radius 1 is 1.19 bits per heavy atom. The zero-order chi connectivity index (χ0) is 18.5. The lowest BCUT2D eigenvalue weighted by molar-refractivity contribution is 0.0795. The van der Waals surface area contributed by atoms with E-state index in [1.165, 1.54) is 0 Å². The predicted molar refractivity (Wildman–Crippen MR) is 98.4 cm³/mol. The SMILES string of the molecule is COc1ccc(C(=O)N(C)CCc2noc(-c3ccccc3Cl)n2)cc1. The summed E-state index contributed by atoms with van der Waals surface area (Å²) in [5.41, 5.74) is 1.29. The largest absolute Gasteiger partial charge is 0.497 e. The Kier molecular flexibility index (Phi) is 5.53. The van der Waals surface area contributed by atoms with Crippen LogP contribution < -0.4 is 4.74 Å². The Morgan fingerprint density at radius 3 is 2.62 bits per heavy atom. The molecule has 0 radical (unpaired) electrons. The number of carbonyl (C=O) groups is 1. The number of rotatable bonds is 6. The molecular formula is C19H18ClN3O3. The van der Waals surface area contributed by atoms with E-state index in [2.05, 4.69) is 10.1 Å². The summed E-state index contributed by atoms with van der Waals surface area (Å²) in [5.74, 6) is 1.52. The van der Waals surface area contributed by atoms with Crippen LogP contribution in [0.2, 0.25) is 5.02 Å². The van der Waals surface area contributed by atoms with Crippen molar-refractivity contribution in [1.29, 1.82) is 0 Å². The highest BCUT2D eigenvalue weighted by molar-refractivity contribution is 6.33. The molecule has 134 valence electrons. The molecule has 0 saturated carbocycles. The van der Waals surface area contributed by atoms with Crippen molar-refractivity contribution >= 4 is 17.5 Å². The smallest absolute Gasteiger partial charge is 0.259 e. The summed E-state index contributed by atoms with van der Waals surface area (Å²) in [6.45, 7) is 0.465. The van der Waals surface area contributed by atoms with Gasteiger partial charge < -0.3 is 14.2 Å². The van der Waals surface area contributed by atoms with Gasteiger partial charge in [0.25, 0.3) is 11.8 Å². The Hall–Kier alpha value is -2.86. The van der Waals surface area contributed by atoms with Crippen LogP contribution in [0.5, 0.6) is 5.75 Å². The number of methoxy groups -OCH3 is 1. The monoisotopic (exact) mass is 371 g/mol. The van der Waals surface area contributed by atoms with Crippen molar-refractivity contribution in [2.75, 3.05) is 20.7 Å². The van der Waals surface area contributed by atoms with Gasteiger partial charge in [0.15, 0.2) is 5.82 Å². The number of halogens is 1. The van der Waals surface area contributed by atoms with Crippen molar-refractivity contribution in [3.63, 3.8) is 0 Å². The third kappa shape index (κ3) is 4.03. The lowest BCUT2D eigenvalue weighted by atomic mass is 10.2. The Balaban J connectivity index is 1.61. The Labute approximate surface area is 156 Å². The standard InChI is InChI=1S/C19H18ClN3O3/c1-23(19(24)13-7-9-14(25-2)10-8-13)12-11-17-21-18(26-22-17)15-5-3-4-6-16(15)20/h3-10H,11-12H2,1-2H3. The second kappa shape index (κ2) is 8.01. The molecule has 0 aliphatic heterocycles. The first-order valence-electron chi connectivity index (χ1n) is 8.05. The summed E-state index contributed by atoms with van der Waals surface area (Å²) in [7, 11) is 3.33. The molecule has 1 heterocycles. The van der Waals surface area contributed by atoms with Gasteiger partial charge in [-0.1, -0.05) is 28.9 Å². The van der Waals surface area contributed by atoms with Crippen molar-refractivity contribution in [3.8, 4) is 17.2 Å². The van der Waals surface area contributed by atoms with Gasteiger partial charge >= 0.3 is 0 Å². The zero-order valence-electron chi connectivity index (χ0n) is 14.5. The van der Waals surface area contributed by atoms with Gasteiger partial charge in [-0.3, -0.25) is 4.79 Å². The van der Waals surface area contributed by atoms with Gasteiger partial charge in [0.1, 0.15) is 5.75 Å². The molecule has 6 nitrogen and oxygen atoms in total. The molecule has 2 aromatic carbocycles. The van der Waals surface area contributed by atoms with Crippen LogP contribution in [0, 0.1) is 0 Å². The molecule has 0 aliphatic rings. The quantitative estimate of drug-likeness (QED) is 0.660. The molecule has 1 aromatic heterocycles. The summed E-state index contributed by atoms with van der Waals surface area (Å²) >= 11 is 6.14. The lowest BCUT2D eigenvalue weighted by Gasteiger charge is -2.16. The summed E-state index contributed by atoms with van der Waals surface area (Å²) < 4.78 is 10.4. The maximum Gasteiger partial charge on any atom is 0.259 e. The lowest BCUT2D eigenvalue weighted by Crippen LogP contribution is -2.29. The molecule has 0 unspecified atom stereocenters. The molecule has 3 aromatic rings. The van der Waals surface area contributed by atoms with E-state index in [1.807, 2.05) is 18.2 Å². The van der Waals surface area contributed by atoms with Gasteiger partial charge in [-0.25, -0.2) is 0 Å². The Bertz CT molecular complexity index is 893. The summed E-state index contributed by atoms with van der Waals surface area (Å²) in [6, 6.07) is 14.3. The van der Waals surface area contributed by atoms with Gasteiger partial charge in [-0.05, 0) is 36.4 Å². The van der Waals surface area contributed by atoms with Gasteiger partial charge in [0, 0.05) is 25.6 Å². The van der Waals surface area contributed by atoms with E-state index in [1.54, 1.807) is 49.4 Å². The van der Waals surface area contributed by atoms with E-state index in [0.717, 1.165) is 0 Å². The number of carbonyl (C=O) groups excluding carboxylic acids is 1. The highest BCUT2D eigenvalue weighted by atomic mass is 35.5. The number of benzene rings is 2. The molecule has 0 atom stereocenters. The second-order valence-corrected chi connectivity index (χ2v) is 6.11. The minimum absolute atomic E-state index is 0.0810.